The van der Waals surface area contributed by atoms with Crippen LogP contribution in [0.15, 0.2) is 97.1 Å². The van der Waals surface area contributed by atoms with E-state index in [4.69, 9.17) is 0 Å². The zero-order chi connectivity index (χ0) is 21.9. The summed E-state index contributed by atoms with van der Waals surface area (Å²) in [6, 6.07) is 33.2. The molecule has 0 heterocycles. The Morgan fingerprint density at radius 3 is 1.19 bits per heavy atom. The minimum atomic E-state index is 1.02. The van der Waals surface area contributed by atoms with Crippen molar-refractivity contribution < 1.29 is 0 Å². The first-order valence-electron chi connectivity index (χ1n) is 10.8. The van der Waals surface area contributed by atoms with Gasteiger partial charge in [0.25, 0.3) is 0 Å². The number of hydrogen-bond acceptors (Lipinski definition) is 0. The Morgan fingerprint density at radius 1 is 0.406 bits per heavy atom. The van der Waals surface area contributed by atoms with Gasteiger partial charge < -0.3 is 0 Å². The number of hydrogen-bond donors (Lipinski definition) is 0. The standard InChI is InChI=1S/C32H22/c1-23-17-18-24(2)32-30(22-20-26-13-7-4-8-14-26)28-16-10-9-15-27(28)29(31(23)32)21-19-25-11-5-3-6-12-25/h3-18H,1-2H3. The van der Waals surface area contributed by atoms with Crippen LogP contribution >= 0.6 is 0 Å². The topological polar surface area (TPSA) is 0 Å². The number of rotatable bonds is 0. The highest BCUT2D eigenvalue weighted by Crippen LogP contribution is 2.36. The van der Waals surface area contributed by atoms with Gasteiger partial charge in [0.1, 0.15) is 0 Å². The van der Waals surface area contributed by atoms with Crippen molar-refractivity contribution >= 4 is 21.5 Å². The van der Waals surface area contributed by atoms with Crippen molar-refractivity contribution in [3.05, 3.63) is 130 Å². The molecule has 150 valence electrons. The Kier molecular flexibility index (Phi) is 5.21. The largest absolute Gasteiger partial charge is 0.0622 e. The first kappa shape index (κ1) is 19.7. The molecule has 5 aromatic carbocycles. The molecule has 0 amide bonds. The summed E-state index contributed by atoms with van der Waals surface area (Å²) in [4.78, 5) is 0. The molecule has 0 N–H and O–H groups in total. The summed E-state index contributed by atoms with van der Waals surface area (Å²) >= 11 is 0. The van der Waals surface area contributed by atoms with Crippen molar-refractivity contribution in [1.82, 2.24) is 0 Å². The Morgan fingerprint density at radius 2 is 0.781 bits per heavy atom. The van der Waals surface area contributed by atoms with Crippen LogP contribution in [0.3, 0.4) is 0 Å². The number of fused-ring (bicyclic) bond motifs is 2. The zero-order valence-corrected chi connectivity index (χ0v) is 18.2. The van der Waals surface area contributed by atoms with Crippen molar-refractivity contribution in [3.8, 4) is 23.7 Å². The molecular weight excluding hydrogens is 384 g/mol. The summed E-state index contributed by atoms with van der Waals surface area (Å²) < 4.78 is 0. The van der Waals surface area contributed by atoms with Gasteiger partial charge in [0.2, 0.25) is 0 Å². The zero-order valence-electron chi connectivity index (χ0n) is 18.2. The van der Waals surface area contributed by atoms with E-state index in [0.717, 1.165) is 33.0 Å². The van der Waals surface area contributed by atoms with Crippen molar-refractivity contribution in [1.29, 1.82) is 0 Å². The Hall–Kier alpha value is -4.26. The fourth-order valence-corrected chi connectivity index (χ4v) is 4.22. The highest BCUT2D eigenvalue weighted by atomic mass is 14.2. The summed E-state index contributed by atoms with van der Waals surface area (Å²) in [5.41, 5.74) is 6.62. The maximum atomic E-state index is 3.52. The fourth-order valence-electron chi connectivity index (χ4n) is 4.22. The van der Waals surface area contributed by atoms with E-state index in [1.54, 1.807) is 0 Å². The Balaban J connectivity index is 1.88. The molecule has 0 aromatic heterocycles. The second kappa shape index (κ2) is 8.47. The van der Waals surface area contributed by atoms with Crippen molar-refractivity contribution in [2.24, 2.45) is 0 Å². The minimum absolute atomic E-state index is 1.02. The van der Waals surface area contributed by atoms with Crippen LogP contribution in [0.25, 0.3) is 21.5 Å². The van der Waals surface area contributed by atoms with Gasteiger partial charge in [0.15, 0.2) is 0 Å². The smallest absolute Gasteiger partial charge is 0.0409 e. The van der Waals surface area contributed by atoms with Gasteiger partial charge in [-0.05, 0) is 60.0 Å². The molecule has 0 unspecified atom stereocenters. The first-order chi connectivity index (χ1) is 15.7. The molecule has 32 heavy (non-hydrogen) atoms. The molecule has 5 aromatic rings. The molecule has 0 spiro atoms. The Bertz CT molecular complexity index is 1440. The average molecular weight is 407 g/mol. The summed E-state index contributed by atoms with van der Waals surface area (Å²) in [5.74, 6) is 13.8. The average Bonchev–Trinajstić information content (AvgIpc) is 2.84. The van der Waals surface area contributed by atoms with E-state index in [-0.39, 0.29) is 0 Å². The second-order valence-corrected chi connectivity index (χ2v) is 7.98. The predicted octanol–water partition coefficient (Wildman–Crippen LogP) is 7.41. The summed E-state index contributed by atoms with van der Waals surface area (Å²) in [7, 11) is 0. The lowest BCUT2D eigenvalue weighted by molar-refractivity contribution is 1.46. The molecule has 0 aliphatic carbocycles. The summed E-state index contributed by atoms with van der Waals surface area (Å²) in [5, 5.41) is 4.69. The van der Waals surface area contributed by atoms with E-state index < -0.39 is 0 Å². The third-order valence-corrected chi connectivity index (χ3v) is 5.80. The van der Waals surface area contributed by atoms with E-state index in [1.807, 2.05) is 36.4 Å². The lowest BCUT2D eigenvalue weighted by Crippen LogP contribution is -1.95. The lowest BCUT2D eigenvalue weighted by Gasteiger charge is -2.15. The molecule has 0 radical (unpaired) electrons. The molecule has 0 fully saturated rings. The normalized spacial score (nSPS) is 10.3. The van der Waals surface area contributed by atoms with Gasteiger partial charge in [-0.3, -0.25) is 0 Å². The van der Waals surface area contributed by atoms with Gasteiger partial charge >= 0.3 is 0 Å². The molecule has 0 saturated heterocycles. The van der Waals surface area contributed by atoms with Gasteiger partial charge in [-0.1, -0.05) is 96.5 Å². The van der Waals surface area contributed by atoms with E-state index in [1.165, 1.54) is 21.9 Å². The van der Waals surface area contributed by atoms with E-state index in [9.17, 15) is 0 Å². The maximum Gasteiger partial charge on any atom is 0.0409 e. The summed E-state index contributed by atoms with van der Waals surface area (Å²) in [6.07, 6.45) is 0. The maximum absolute atomic E-state index is 3.52. The van der Waals surface area contributed by atoms with Gasteiger partial charge in [-0.15, -0.1) is 0 Å². The molecule has 0 nitrogen and oxygen atoms in total. The number of benzene rings is 5. The fraction of sp³-hybridized carbons (Fsp3) is 0.0625. The molecule has 0 aliphatic heterocycles. The minimum Gasteiger partial charge on any atom is -0.0622 e. The highest BCUT2D eigenvalue weighted by Gasteiger charge is 2.15. The third-order valence-electron chi connectivity index (χ3n) is 5.80. The molecule has 0 atom stereocenters. The van der Waals surface area contributed by atoms with Crippen LogP contribution < -0.4 is 0 Å². The van der Waals surface area contributed by atoms with Gasteiger partial charge in [-0.25, -0.2) is 0 Å². The highest BCUT2D eigenvalue weighted by molar-refractivity contribution is 6.12. The third kappa shape index (κ3) is 3.65. The van der Waals surface area contributed by atoms with E-state index in [0.29, 0.717) is 0 Å². The van der Waals surface area contributed by atoms with Crippen LogP contribution in [0.4, 0.5) is 0 Å². The molecule has 0 bridgehead atoms. The van der Waals surface area contributed by atoms with Crippen molar-refractivity contribution in [2.75, 3.05) is 0 Å². The van der Waals surface area contributed by atoms with Crippen LogP contribution in [-0.2, 0) is 0 Å². The molecular formula is C32H22. The van der Waals surface area contributed by atoms with Crippen LogP contribution in [-0.4, -0.2) is 0 Å². The summed E-state index contributed by atoms with van der Waals surface area (Å²) in [6.45, 7) is 4.33. The molecule has 0 saturated carbocycles. The predicted molar refractivity (Wildman–Crippen MR) is 136 cm³/mol. The number of aryl methyl sites for hydroxylation is 2. The van der Waals surface area contributed by atoms with Crippen molar-refractivity contribution in [2.45, 2.75) is 13.8 Å². The molecule has 5 rings (SSSR count). The second-order valence-electron chi connectivity index (χ2n) is 7.98. The lowest BCUT2D eigenvalue weighted by atomic mass is 9.87. The van der Waals surface area contributed by atoms with Gasteiger partial charge in [0, 0.05) is 33.0 Å². The molecule has 0 heteroatoms. The van der Waals surface area contributed by atoms with E-state index in [2.05, 4.69) is 98.2 Å². The monoisotopic (exact) mass is 406 g/mol. The van der Waals surface area contributed by atoms with Gasteiger partial charge in [-0.2, -0.15) is 0 Å². The van der Waals surface area contributed by atoms with E-state index >= 15 is 0 Å². The SMILES string of the molecule is Cc1ccc(C)c2c(C#Cc3ccccc3)c3ccccc3c(C#Cc3ccccc3)c12. The van der Waals surface area contributed by atoms with Crippen molar-refractivity contribution in [3.63, 3.8) is 0 Å². The van der Waals surface area contributed by atoms with Crippen LogP contribution in [0.2, 0.25) is 0 Å². The molecule has 0 aliphatic rings. The first-order valence-corrected chi connectivity index (χ1v) is 10.8. The quantitative estimate of drug-likeness (QED) is 0.185. The van der Waals surface area contributed by atoms with Crippen LogP contribution in [0.1, 0.15) is 33.4 Å². The van der Waals surface area contributed by atoms with Gasteiger partial charge in [0.05, 0.1) is 0 Å². The Labute approximate surface area is 189 Å². The van der Waals surface area contributed by atoms with Crippen LogP contribution in [0.5, 0.6) is 0 Å². The van der Waals surface area contributed by atoms with Crippen LogP contribution in [0, 0.1) is 37.5 Å².